The molecule has 0 amide bonds. The fraction of sp³-hybridized carbons (Fsp3) is 0.286. The summed E-state index contributed by atoms with van der Waals surface area (Å²) in [6.07, 6.45) is 0. The second-order valence-corrected chi connectivity index (χ2v) is 10.3. The van der Waals surface area contributed by atoms with Crippen molar-refractivity contribution in [3.05, 3.63) is 64.4 Å². The zero-order valence-corrected chi connectivity index (χ0v) is 19.2. The Kier molecular flexibility index (Phi) is 6.59. The molecule has 0 saturated carbocycles. The van der Waals surface area contributed by atoms with Crippen LogP contribution in [0.15, 0.2) is 52.7 Å². The Morgan fingerprint density at radius 3 is 2.48 bits per heavy atom. The van der Waals surface area contributed by atoms with Crippen molar-refractivity contribution in [2.75, 3.05) is 33.3 Å². The summed E-state index contributed by atoms with van der Waals surface area (Å²) in [5.41, 5.74) is 1.98. The summed E-state index contributed by atoms with van der Waals surface area (Å²) in [6.45, 7) is 2.48. The van der Waals surface area contributed by atoms with Crippen molar-refractivity contribution in [1.29, 1.82) is 0 Å². The molecule has 0 radical (unpaired) electrons. The minimum absolute atomic E-state index is 0.0624. The summed E-state index contributed by atoms with van der Waals surface area (Å²) in [5, 5.41) is 2.86. The van der Waals surface area contributed by atoms with Crippen LogP contribution in [-0.4, -0.2) is 55.9 Å². The van der Waals surface area contributed by atoms with Gasteiger partial charge in [-0.25, -0.2) is 17.8 Å². The largest absolute Gasteiger partial charge is 0.497 e. The lowest BCUT2D eigenvalue weighted by molar-refractivity contribution is 0.180. The SMILES string of the molecule is COc1ccc(-c2nc(CN3CCN(S(=O)(=O)c4ccc(F)cc4Cl)CC3)cs2)cc1. The minimum atomic E-state index is -3.76. The topological polar surface area (TPSA) is 62.7 Å². The number of rotatable bonds is 6. The van der Waals surface area contributed by atoms with Crippen molar-refractivity contribution < 1.29 is 17.5 Å². The van der Waals surface area contributed by atoms with Crippen LogP contribution in [0.1, 0.15) is 5.69 Å². The van der Waals surface area contributed by atoms with E-state index in [1.54, 1.807) is 18.4 Å². The number of thiazole rings is 1. The van der Waals surface area contributed by atoms with Crippen LogP contribution in [0.5, 0.6) is 5.75 Å². The number of methoxy groups -OCH3 is 1. The summed E-state index contributed by atoms with van der Waals surface area (Å²) >= 11 is 7.55. The molecule has 0 bridgehead atoms. The monoisotopic (exact) mass is 481 g/mol. The second kappa shape index (κ2) is 9.22. The van der Waals surface area contributed by atoms with E-state index < -0.39 is 15.8 Å². The first kappa shape index (κ1) is 22.2. The highest BCUT2D eigenvalue weighted by Gasteiger charge is 2.30. The van der Waals surface area contributed by atoms with E-state index >= 15 is 0 Å². The van der Waals surface area contributed by atoms with Crippen LogP contribution in [0.4, 0.5) is 4.39 Å². The molecule has 10 heteroatoms. The molecule has 0 spiro atoms. The van der Waals surface area contributed by atoms with Crippen LogP contribution in [0.2, 0.25) is 5.02 Å². The molecule has 1 aliphatic rings. The molecule has 0 N–H and O–H groups in total. The van der Waals surface area contributed by atoms with Gasteiger partial charge in [-0.15, -0.1) is 11.3 Å². The van der Waals surface area contributed by atoms with Crippen molar-refractivity contribution in [3.63, 3.8) is 0 Å². The van der Waals surface area contributed by atoms with Crippen molar-refractivity contribution in [3.8, 4) is 16.3 Å². The van der Waals surface area contributed by atoms with E-state index in [-0.39, 0.29) is 9.92 Å². The fourth-order valence-corrected chi connectivity index (χ4v) is 6.17. The van der Waals surface area contributed by atoms with E-state index in [1.165, 1.54) is 10.4 Å². The molecule has 1 aromatic heterocycles. The van der Waals surface area contributed by atoms with Gasteiger partial charge in [-0.1, -0.05) is 11.6 Å². The number of benzene rings is 2. The molecule has 0 atom stereocenters. The predicted octanol–water partition coefficient (Wildman–Crippen LogP) is 4.12. The highest BCUT2D eigenvalue weighted by Crippen LogP contribution is 2.28. The summed E-state index contributed by atoms with van der Waals surface area (Å²) < 4.78 is 45.6. The van der Waals surface area contributed by atoms with E-state index in [2.05, 4.69) is 4.90 Å². The lowest BCUT2D eigenvalue weighted by Crippen LogP contribution is -2.48. The molecule has 164 valence electrons. The third kappa shape index (κ3) is 4.91. The normalized spacial score (nSPS) is 15.8. The average Bonchev–Trinajstić information content (AvgIpc) is 3.22. The molecular formula is C21H21ClFN3O3S2. The van der Waals surface area contributed by atoms with Crippen molar-refractivity contribution in [2.45, 2.75) is 11.4 Å². The molecule has 1 fully saturated rings. The molecule has 6 nitrogen and oxygen atoms in total. The van der Waals surface area contributed by atoms with E-state index in [9.17, 15) is 12.8 Å². The Hall–Kier alpha value is -2.04. The maximum absolute atomic E-state index is 13.3. The second-order valence-electron chi connectivity index (χ2n) is 7.13. The number of sulfonamides is 1. The van der Waals surface area contributed by atoms with Crippen molar-refractivity contribution >= 4 is 33.0 Å². The highest BCUT2D eigenvalue weighted by atomic mass is 35.5. The smallest absolute Gasteiger partial charge is 0.244 e. The summed E-state index contributed by atoms with van der Waals surface area (Å²) in [5.74, 6) is 0.237. The van der Waals surface area contributed by atoms with Gasteiger partial charge in [-0.05, 0) is 42.5 Å². The predicted molar refractivity (Wildman–Crippen MR) is 120 cm³/mol. The number of aromatic nitrogens is 1. The molecule has 31 heavy (non-hydrogen) atoms. The molecule has 1 saturated heterocycles. The lowest BCUT2D eigenvalue weighted by atomic mass is 10.2. The number of piperazine rings is 1. The summed E-state index contributed by atoms with van der Waals surface area (Å²) in [6, 6.07) is 11.1. The first-order valence-corrected chi connectivity index (χ1v) is 12.3. The van der Waals surface area contributed by atoms with Crippen LogP contribution in [0.3, 0.4) is 0 Å². The third-order valence-electron chi connectivity index (χ3n) is 5.12. The molecule has 2 aromatic carbocycles. The number of ether oxygens (including phenoxy) is 1. The molecule has 0 aliphatic carbocycles. The quantitative estimate of drug-likeness (QED) is 0.530. The average molecular weight is 482 g/mol. The lowest BCUT2D eigenvalue weighted by Gasteiger charge is -2.33. The van der Waals surface area contributed by atoms with Crippen molar-refractivity contribution in [2.24, 2.45) is 0 Å². The molecule has 4 rings (SSSR count). The first-order valence-electron chi connectivity index (χ1n) is 9.63. The Morgan fingerprint density at radius 2 is 1.84 bits per heavy atom. The Morgan fingerprint density at radius 1 is 1.13 bits per heavy atom. The van der Waals surface area contributed by atoms with E-state index in [0.717, 1.165) is 34.1 Å². The van der Waals surface area contributed by atoms with Gasteiger partial charge in [0.25, 0.3) is 0 Å². The van der Waals surface area contributed by atoms with Gasteiger partial charge in [0.1, 0.15) is 21.5 Å². The molecule has 0 unspecified atom stereocenters. The Labute approximate surface area is 189 Å². The molecule has 3 aromatic rings. The van der Waals surface area contributed by atoms with Crippen LogP contribution >= 0.6 is 22.9 Å². The van der Waals surface area contributed by atoms with Gasteiger partial charge in [-0.2, -0.15) is 4.31 Å². The number of halogens is 2. The first-order chi connectivity index (χ1) is 14.9. The van der Waals surface area contributed by atoms with Crippen molar-refractivity contribution in [1.82, 2.24) is 14.2 Å². The molecular weight excluding hydrogens is 461 g/mol. The van der Waals surface area contributed by atoms with E-state index in [4.69, 9.17) is 21.3 Å². The number of hydrogen-bond donors (Lipinski definition) is 0. The van der Waals surface area contributed by atoms with Gasteiger partial charge >= 0.3 is 0 Å². The van der Waals surface area contributed by atoms with Gasteiger partial charge in [0.2, 0.25) is 10.0 Å². The number of nitrogens with zero attached hydrogens (tertiary/aromatic N) is 3. The van der Waals surface area contributed by atoms with Crippen LogP contribution in [0.25, 0.3) is 10.6 Å². The summed E-state index contributed by atoms with van der Waals surface area (Å²) in [7, 11) is -2.12. The van der Waals surface area contributed by atoms with Gasteiger partial charge in [0, 0.05) is 43.7 Å². The third-order valence-corrected chi connectivity index (χ3v) is 8.44. The minimum Gasteiger partial charge on any atom is -0.497 e. The van der Waals surface area contributed by atoms with Crippen LogP contribution < -0.4 is 4.74 Å². The van der Waals surface area contributed by atoms with Gasteiger partial charge in [0.05, 0.1) is 17.8 Å². The van der Waals surface area contributed by atoms with E-state index in [0.29, 0.717) is 32.7 Å². The zero-order chi connectivity index (χ0) is 22.0. The molecule has 1 aliphatic heterocycles. The van der Waals surface area contributed by atoms with Crippen LogP contribution in [-0.2, 0) is 16.6 Å². The maximum Gasteiger partial charge on any atom is 0.244 e. The van der Waals surface area contributed by atoms with Gasteiger partial charge in [0.15, 0.2) is 0 Å². The Balaban J connectivity index is 1.37. The van der Waals surface area contributed by atoms with Crippen LogP contribution in [0, 0.1) is 5.82 Å². The number of hydrogen-bond acceptors (Lipinski definition) is 6. The fourth-order valence-electron chi connectivity index (χ4n) is 3.43. The maximum atomic E-state index is 13.3. The van der Waals surface area contributed by atoms with Gasteiger partial charge in [-0.3, -0.25) is 4.90 Å². The Bertz CT molecular complexity index is 1160. The highest BCUT2D eigenvalue weighted by molar-refractivity contribution is 7.89. The zero-order valence-electron chi connectivity index (χ0n) is 16.8. The van der Waals surface area contributed by atoms with Gasteiger partial charge < -0.3 is 4.74 Å². The summed E-state index contributed by atoms with van der Waals surface area (Å²) in [4.78, 5) is 6.83. The van der Waals surface area contributed by atoms with E-state index in [1.807, 2.05) is 29.6 Å². The standard InChI is InChI=1S/C21H21ClFN3O3S2/c1-29-18-5-2-15(3-6-18)21-24-17(14-30-21)13-25-8-10-26(11-9-25)31(27,28)20-7-4-16(23)12-19(20)22/h2-7,12,14H,8-11,13H2,1H3. The molecule has 2 heterocycles.